The zero-order chi connectivity index (χ0) is 12.6. The van der Waals surface area contributed by atoms with E-state index in [1.807, 2.05) is 0 Å². The molecular formula is C15H20BrNO. The number of hydrogen-bond donors (Lipinski definition) is 2. The van der Waals surface area contributed by atoms with Crippen LogP contribution in [0, 0.1) is 5.41 Å². The Balaban J connectivity index is 1.46. The SMILES string of the molecule is OCC1(CNC2CC(c3cccc(Br)c3)C2)CC1. The van der Waals surface area contributed by atoms with Gasteiger partial charge in [0.05, 0.1) is 0 Å². The summed E-state index contributed by atoms with van der Waals surface area (Å²) in [5.74, 6) is 0.712. The Labute approximate surface area is 117 Å². The highest BCUT2D eigenvalue weighted by Gasteiger charge is 2.42. The highest BCUT2D eigenvalue weighted by atomic mass is 79.9. The highest BCUT2D eigenvalue weighted by Crippen LogP contribution is 2.45. The van der Waals surface area contributed by atoms with Crippen LogP contribution in [0.15, 0.2) is 28.7 Å². The maximum Gasteiger partial charge on any atom is 0.0499 e. The van der Waals surface area contributed by atoms with E-state index in [2.05, 4.69) is 45.5 Å². The van der Waals surface area contributed by atoms with Crippen LogP contribution in [0.4, 0.5) is 0 Å². The molecule has 0 radical (unpaired) electrons. The minimum absolute atomic E-state index is 0.237. The van der Waals surface area contributed by atoms with E-state index in [1.54, 1.807) is 0 Å². The first-order valence-corrected chi connectivity index (χ1v) is 7.60. The van der Waals surface area contributed by atoms with Gasteiger partial charge in [0.15, 0.2) is 0 Å². The quantitative estimate of drug-likeness (QED) is 0.876. The molecule has 0 spiro atoms. The summed E-state index contributed by atoms with van der Waals surface area (Å²) in [7, 11) is 0. The first-order chi connectivity index (χ1) is 8.71. The van der Waals surface area contributed by atoms with Gasteiger partial charge in [-0.2, -0.15) is 0 Å². The van der Waals surface area contributed by atoms with Gasteiger partial charge in [-0.15, -0.1) is 0 Å². The van der Waals surface area contributed by atoms with Gasteiger partial charge in [0.1, 0.15) is 0 Å². The Hall–Kier alpha value is -0.380. The summed E-state index contributed by atoms with van der Waals surface area (Å²) in [6.45, 7) is 1.35. The van der Waals surface area contributed by atoms with Crippen molar-refractivity contribution in [1.29, 1.82) is 0 Å². The Morgan fingerprint density at radius 2 is 2.11 bits per heavy atom. The fourth-order valence-electron chi connectivity index (χ4n) is 2.75. The number of aliphatic hydroxyl groups excluding tert-OH is 1. The molecule has 2 N–H and O–H groups in total. The Morgan fingerprint density at radius 3 is 2.72 bits per heavy atom. The van der Waals surface area contributed by atoms with Crippen LogP contribution in [0.1, 0.15) is 37.2 Å². The summed E-state index contributed by atoms with van der Waals surface area (Å²) in [6, 6.07) is 9.30. The zero-order valence-electron chi connectivity index (χ0n) is 10.5. The molecule has 2 fully saturated rings. The van der Waals surface area contributed by atoms with Gasteiger partial charge in [0, 0.05) is 29.1 Å². The molecule has 98 valence electrons. The molecule has 0 unspecified atom stereocenters. The lowest BCUT2D eigenvalue weighted by Crippen LogP contribution is -2.43. The maximum atomic E-state index is 9.28. The molecule has 1 aromatic rings. The third kappa shape index (κ3) is 2.63. The van der Waals surface area contributed by atoms with Gasteiger partial charge in [0.25, 0.3) is 0 Å². The van der Waals surface area contributed by atoms with Gasteiger partial charge in [-0.1, -0.05) is 28.1 Å². The smallest absolute Gasteiger partial charge is 0.0499 e. The molecule has 0 bridgehead atoms. The van der Waals surface area contributed by atoms with Gasteiger partial charge in [-0.25, -0.2) is 0 Å². The summed E-state index contributed by atoms with van der Waals surface area (Å²) < 4.78 is 1.17. The summed E-state index contributed by atoms with van der Waals surface area (Å²) in [5, 5.41) is 12.9. The molecule has 2 saturated carbocycles. The lowest BCUT2D eigenvalue weighted by molar-refractivity contribution is 0.190. The summed E-state index contributed by atoms with van der Waals surface area (Å²) >= 11 is 3.53. The number of rotatable bonds is 5. The van der Waals surface area contributed by atoms with Crippen LogP contribution in [0.3, 0.4) is 0 Å². The molecule has 1 aromatic carbocycles. The second kappa shape index (κ2) is 4.95. The average molecular weight is 310 g/mol. The monoisotopic (exact) mass is 309 g/mol. The van der Waals surface area contributed by atoms with Gasteiger partial charge >= 0.3 is 0 Å². The number of aliphatic hydroxyl groups is 1. The molecule has 0 heterocycles. The fraction of sp³-hybridized carbons (Fsp3) is 0.600. The molecule has 0 aliphatic heterocycles. The molecule has 2 nitrogen and oxygen atoms in total. The first kappa shape index (κ1) is 12.6. The van der Waals surface area contributed by atoms with E-state index >= 15 is 0 Å². The third-order valence-corrected chi connectivity index (χ3v) is 5.01. The lowest BCUT2D eigenvalue weighted by Gasteiger charge is -2.37. The van der Waals surface area contributed by atoms with E-state index < -0.39 is 0 Å². The van der Waals surface area contributed by atoms with Gasteiger partial charge < -0.3 is 10.4 Å². The van der Waals surface area contributed by atoms with Crippen LogP contribution in [-0.4, -0.2) is 24.3 Å². The molecule has 2 aliphatic carbocycles. The molecule has 0 aromatic heterocycles. The van der Waals surface area contributed by atoms with Crippen molar-refractivity contribution in [3.63, 3.8) is 0 Å². The first-order valence-electron chi connectivity index (χ1n) is 6.80. The van der Waals surface area contributed by atoms with Crippen LogP contribution in [0.25, 0.3) is 0 Å². The predicted molar refractivity (Wildman–Crippen MR) is 76.7 cm³/mol. The van der Waals surface area contributed by atoms with Crippen LogP contribution in [0.5, 0.6) is 0 Å². The largest absolute Gasteiger partial charge is 0.396 e. The second-order valence-electron chi connectivity index (χ2n) is 5.96. The highest BCUT2D eigenvalue weighted by molar-refractivity contribution is 9.10. The van der Waals surface area contributed by atoms with Crippen molar-refractivity contribution in [3.8, 4) is 0 Å². The lowest BCUT2D eigenvalue weighted by atomic mass is 9.76. The van der Waals surface area contributed by atoms with Crippen LogP contribution in [-0.2, 0) is 0 Å². The van der Waals surface area contributed by atoms with Crippen molar-refractivity contribution in [1.82, 2.24) is 5.32 Å². The molecule has 0 saturated heterocycles. The molecule has 18 heavy (non-hydrogen) atoms. The second-order valence-corrected chi connectivity index (χ2v) is 6.87. The zero-order valence-corrected chi connectivity index (χ0v) is 12.1. The minimum atomic E-state index is 0.237. The minimum Gasteiger partial charge on any atom is -0.396 e. The van der Waals surface area contributed by atoms with Crippen molar-refractivity contribution in [2.75, 3.05) is 13.2 Å². The number of nitrogens with one attached hydrogen (secondary N) is 1. The molecular weight excluding hydrogens is 290 g/mol. The van der Waals surface area contributed by atoms with E-state index in [0.29, 0.717) is 18.6 Å². The van der Waals surface area contributed by atoms with E-state index in [1.165, 1.54) is 35.7 Å². The fourth-order valence-corrected chi connectivity index (χ4v) is 3.16. The van der Waals surface area contributed by atoms with E-state index in [-0.39, 0.29) is 5.41 Å². The van der Waals surface area contributed by atoms with Crippen LogP contribution in [0.2, 0.25) is 0 Å². The molecule has 0 amide bonds. The molecule has 3 rings (SSSR count). The van der Waals surface area contributed by atoms with Crippen LogP contribution >= 0.6 is 15.9 Å². The van der Waals surface area contributed by atoms with Gasteiger partial charge in [0.2, 0.25) is 0 Å². The van der Waals surface area contributed by atoms with E-state index in [9.17, 15) is 5.11 Å². The number of benzene rings is 1. The normalized spacial score (nSPS) is 28.8. The van der Waals surface area contributed by atoms with Crippen molar-refractivity contribution < 1.29 is 5.11 Å². The third-order valence-electron chi connectivity index (χ3n) is 4.52. The Kier molecular flexibility index (Phi) is 3.48. The number of hydrogen-bond acceptors (Lipinski definition) is 2. The van der Waals surface area contributed by atoms with E-state index in [0.717, 1.165) is 6.54 Å². The number of halogens is 1. The van der Waals surface area contributed by atoms with Crippen molar-refractivity contribution in [2.24, 2.45) is 5.41 Å². The van der Waals surface area contributed by atoms with Gasteiger partial charge in [-0.05, 0) is 49.3 Å². The van der Waals surface area contributed by atoms with Gasteiger partial charge in [-0.3, -0.25) is 0 Å². The topological polar surface area (TPSA) is 32.3 Å². The summed E-state index contributed by atoms with van der Waals surface area (Å²) in [6.07, 6.45) is 4.85. The molecule has 3 heteroatoms. The summed E-state index contributed by atoms with van der Waals surface area (Å²) in [4.78, 5) is 0. The van der Waals surface area contributed by atoms with Crippen molar-refractivity contribution in [2.45, 2.75) is 37.6 Å². The molecule has 0 atom stereocenters. The van der Waals surface area contributed by atoms with E-state index in [4.69, 9.17) is 0 Å². The van der Waals surface area contributed by atoms with Crippen LogP contribution < -0.4 is 5.32 Å². The average Bonchev–Trinajstić information content (AvgIpc) is 3.08. The predicted octanol–water partition coefficient (Wildman–Crippen LogP) is 3.06. The Morgan fingerprint density at radius 1 is 1.33 bits per heavy atom. The summed E-state index contributed by atoms with van der Waals surface area (Å²) in [5.41, 5.74) is 1.69. The maximum absolute atomic E-state index is 9.28. The van der Waals surface area contributed by atoms with Crippen molar-refractivity contribution in [3.05, 3.63) is 34.3 Å². The standard InChI is InChI=1S/C15H20BrNO/c16-13-3-1-2-11(6-13)12-7-14(8-12)17-9-15(10-18)4-5-15/h1-3,6,12,14,17-18H,4-5,7-10H2. The Bertz CT molecular complexity index is 424. The molecule has 2 aliphatic rings. The van der Waals surface area contributed by atoms with Crippen molar-refractivity contribution >= 4 is 15.9 Å².